The van der Waals surface area contributed by atoms with E-state index in [1.807, 2.05) is 0 Å². The van der Waals surface area contributed by atoms with Crippen molar-refractivity contribution in [1.29, 1.82) is 0 Å². The molecule has 0 bridgehead atoms. The van der Waals surface area contributed by atoms with Crippen LogP contribution >= 0.6 is 0 Å². The van der Waals surface area contributed by atoms with Gasteiger partial charge in [-0.15, -0.1) is 0 Å². The third kappa shape index (κ3) is 3.12. The smallest absolute Gasteiger partial charge is 0.202 e. The Kier molecular flexibility index (Phi) is 5.08. The van der Waals surface area contributed by atoms with Gasteiger partial charge in [-0.3, -0.25) is 0 Å². The minimum absolute atomic E-state index is 0.0394. The van der Waals surface area contributed by atoms with Crippen molar-refractivity contribution in [3.63, 3.8) is 0 Å². The molecule has 0 aromatic heterocycles. The van der Waals surface area contributed by atoms with E-state index in [0.717, 1.165) is 31.9 Å². The van der Waals surface area contributed by atoms with E-state index in [2.05, 4.69) is 79.7 Å². The Hall–Kier alpha value is -2.03. The lowest BCUT2D eigenvalue weighted by Gasteiger charge is -2.33. The molecule has 3 aliphatic rings. The van der Waals surface area contributed by atoms with E-state index in [0.29, 0.717) is 0 Å². The normalized spacial score (nSPS) is 24.3. The van der Waals surface area contributed by atoms with Crippen LogP contribution in [0.25, 0.3) is 0 Å². The summed E-state index contributed by atoms with van der Waals surface area (Å²) >= 11 is 0. The molecule has 0 radical (unpaired) electrons. The van der Waals surface area contributed by atoms with Crippen molar-refractivity contribution < 1.29 is 9.31 Å². The molecule has 128 valence electrons. The van der Waals surface area contributed by atoms with E-state index < -0.39 is 0 Å². The van der Waals surface area contributed by atoms with Gasteiger partial charge in [0.1, 0.15) is 25.0 Å². The highest BCUT2D eigenvalue weighted by Gasteiger charge is 2.30. The lowest BCUT2D eigenvalue weighted by atomic mass is 9.90. The molecule has 0 N–H and O–H groups in total. The summed E-state index contributed by atoms with van der Waals surface area (Å²) in [5.41, 5.74) is 3.78. The van der Waals surface area contributed by atoms with Crippen molar-refractivity contribution in [1.82, 2.24) is 4.90 Å². The summed E-state index contributed by atoms with van der Waals surface area (Å²) in [6, 6.07) is 0. The number of ether oxygens (including phenoxy) is 1. The van der Waals surface area contributed by atoms with Crippen LogP contribution in [0.15, 0.2) is 59.6 Å². The Balaban J connectivity index is 1.89. The zero-order chi connectivity index (χ0) is 17.1. The van der Waals surface area contributed by atoms with Gasteiger partial charge in [-0.25, -0.2) is 4.58 Å². The summed E-state index contributed by atoms with van der Waals surface area (Å²) in [7, 11) is 0. The first-order chi connectivity index (χ1) is 11.7. The molecule has 0 saturated carbocycles. The van der Waals surface area contributed by atoms with E-state index >= 15 is 0 Å². The molecule has 0 aromatic carbocycles. The second-order valence-electron chi connectivity index (χ2n) is 6.33. The maximum atomic E-state index is 6.37. The molecular weight excluding hydrogens is 296 g/mol. The molecule has 1 heterocycles. The Labute approximate surface area is 146 Å². The summed E-state index contributed by atoms with van der Waals surface area (Å²) in [6.45, 7) is 12.9. The van der Waals surface area contributed by atoms with Crippen LogP contribution in [-0.2, 0) is 4.74 Å². The third-order valence-corrected chi connectivity index (χ3v) is 5.08. The maximum Gasteiger partial charge on any atom is 0.202 e. The first-order valence-corrected chi connectivity index (χ1v) is 9.25. The van der Waals surface area contributed by atoms with Gasteiger partial charge in [0.15, 0.2) is 0 Å². The standard InChI is InChI=1S/C21H29N2O/c1-5-22(6-2)18-11-9-16-13-17-10-12-19(23(7-3)8-4)15-21(17)24-20(16)14-18/h9-16,21H,5-8H2,1-4H3/q+1/t16-,21-/m1/s1. The first-order valence-electron chi connectivity index (χ1n) is 9.25. The SMILES string of the molecule is CCN(CC)C1=C[C@H]2OC3=CC(=[N+](CC)CC)C=C[C@@H]3C=C2C=C1. The van der Waals surface area contributed by atoms with Crippen LogP contribution in [0.2, 0.25) is 0 Å². The molecule has 3 heteroatoms. The number of allylic oxidation sites excluding steroid dienone is 4. The van der Waals surface area contributed by atoms with E-state index in [1.165, 1.54) is 17.0 Å². The molecule has 0 fully saturated rings. The monoisotopic (exact) mass is 325 g/mol. The summed E-state index contributed by atoms with van der Waals surface area (Å²) in [5.74, 6) is 1.34. The zero-order valence-corrected chi connectivity index (χ0v) is 15.3. The summed E-state index contributed by atoms with van der Waals surface area (Å²) in [6.07, 6.45) is 15.8. The number of likely N-dealkylation sites (N-methyl/N-ethyl adjacent to an activating group) is 1. The molecule has 0 spiro atoms. The van der Waals surface area contributed by atoms with E-state index in [1.54, 1.807) is 0 Å². The quantitative estimate of drug-likeness (QED) is 0.717. The summed E-state index contributed by atoms with van der Waals surface area (Å²) in [4.78, 5) is 2.37. The van der Waals surface area contributed by atoms with E-state index in [-0.39, 0.29) is 12.0 Å². The number of fused-ring (bicyclic) bond motifs is 2. The van der Waals surface area contributed by atoms with Gasteiger partial charge in [-0.05, 0) is 45.4 Å². The van der Waals surface area contributed by atoms with Crippen molar-refractivity contribution in [3.05, 3.63) is 59.6 Å². The van der Waals surface area contributed by atoms with Crippen LogP contribution < -0.4 is 0 Å². The minimum atomic E-state index is 0.0394. The molecule has 3 nitrogen and oxygen atoms in total. The molecule has 0 unspecified atom stereocenters. The highest BCUT2D eigenvalue weighted by atomic mass is 16.5. The molecule has 24 heavy (non-hydrogen) atoms. The molecular formula is C21H29N2O+. The Morgan fingerprint density at radius 3 is 2.42 bits per heavy atom. The van der Waals surface area contributed by atoms with Crippen LogP contribution in [-0.4, -0.2) is 47.5 Å². The number of nitrogens with zero attached hydrogens (tertiary/aromatic N) is 2. The number of hydrogen-bond donors (Lipinski definition) is 0. The Bertz CT molecular complexity index is 666. The van der Waals surface area contributed by atoms with Crippen LogP contribution in [0.1, 0.15) is 27.7 Å². The van der Waals surface area contributed by atoms with Gasteiger partial charge < -0.3 is 9.64 Å². The van der Waals surface area contributed by atoms with Gasteiger partial charge in [0.25, 0.3) is 0 Å². The van der Waals surface area contributed by atoms with Gasteiger partial charge >= 0.3 is 0 Å². The third-order valence-electron chi connectivity index (χ3n) is 5.08. The average Bonchev–Trinajstić information content (AvgIpc) is 2.62. The van der Waals surface area contributed by atoms with Crippen molar-refractivity contribution in [2.45, 2.75) is 33.8 Å². The molecule has 2 atom stereocenters. The summed E-state index contributed by atoms with van der Waals surface area (Å²) < 4.78 is 8.73. The average molecular weight is 325 g/mol. The highest BCUT2D eigenvalue weighted by molar-refractivity contribution is 6.01. The van der Waals surface area contributed by atoms with Gasteiger partial charge in [0.2, 0.25) is 5.71 Å². The predicted octanol–water partition coefficient (Wildman–Crippen LogP) is 3.67. The maximum absolute atomic E-state index is 6.37. The minimum Gasteiger partial charge on any atom is -0.485 e. The van der Waals surface area contributed by atoms with Gasteiger partial charge in [-0.2, -0.15) is 0 Å². The van der Waals surface area contributed by atoms with Gasteiger partial charge in [0, 0.05) is 30.9 Å². The predicted molar refractivity (Wildman–Crippen MR) is 100 cm³/mol. The zero-order valence-electron chi connectivity index (χ0n) is 15.3. The number of hydrogen-bond acceptors (Lipinski definition) is 2. The van der Waals surface area contributed by atoms with Crippen molar-refractivity contribution in [2.24, 2.45) is 5.92 Å². The first kappa shape index (κ1) is 16.8. The molecule has 3 rings (SSSR count). The molecule has 2 aliphatic carbocycles. The topological polar surface area (TPSA) is 15.5 Å². The fourth-order valence-electron chi connectivity index (χ4n) is 3.61. The second kappa shape index (κ2) is 7.25. The molecule has 0 aromatic rings. The van der Waals surface area contributed by atoms with Crippen LogP contribution in [0.4, 0.5) is 0 Å². The van der Waals surface area contributed by atoms with Gasteiger partial charge in [-0.1, -0.05) is 18.2 Å². The van der Waals surface area contributed by atoms with E-state index in [4.69, 9.17) is 4.74 Å². The van der Waals surface area contributed by atoms with Crippen molar-refractivity contribution in [2.75, 3.05) is 26.2 Å². The fraction of sp³-hybridized carbons (Fsp3) is 0.476. The summed E-state index contributed by atoms with van der Waals surface area (Å²) in [5, 5.41) is 0. The van der Waals surface area contributed by atoms with E-state index in [9.17, 15) is 0 Å². The van der Waals surface area contributed by atoms with Gasteiger partial charge in [0.05, 0.1) is 5.92 Å². The lowest BCUT2D eigenvalue weighted by molar-refractivity contribution is -0.519. The second-order valence-corrected chi connectivity index (χ2v) is 6.33. The highest BCUT2D eigenvalue weighted by Crippen LogP contribution is 2.34. The Morgan fingerprint density at radius 2 is 1.75 bits per heavy atom. The number of rotatable bonds is 5. The van der Waals surface area contributed by atoms with Crippen molar-refractivity contribution >= 4 is 5.71 Å². The van der Waals surface area contributed by atoms with Crippen LogP contribution in [0.3, 0.4) is 0 Å². The molecule has 0 saturated heterocycles. The largest absolute Gasteiger partial charge is 0.485 e. The fourth-order valence-corrected chi connectivity index (χ4v) is 3.61. The molecule has 0 amide bonds. The Morgan fingerprint density at radius 1 is 1.00 bits per heavy atom. The van der Waals surface area contributed by atoms with Crippen LogP contribution in [0, 0.1) is 5.92 Å². The lowest BCUT2D eigenvalue weighted by Crippen LogP contribution is -2.30. The molecule has 1 aliphatic heterocycles. The van der Waals surface area contributed by atoms with Crippen molar-refractivity contribution in [3.8, 4) is 0 Å². The van der Waals surface area contributed by atoms with Crippen LogP contribution in [0.5, 0.6) is 0 Å².